The molecule has 1 aromatic rings. The van der Waals surface area contributed by atoms with E-state index in [1.54, 1.807) is 13.1 Å². The van der Waals surface area contributed by atoms with Crippen LogP contribution < -0.4 is 0 Å². The lowest BCUT2D eigenvalue weighted by atomic mass is 10.2. The van der Waals surface area contributed by atoms with Crippen molar-refractivity contribution in [3.05, 3.63) is 18.0 Å². The summed E-state index contributed by atoms with van der Waals surface area (Å²) in [5.74, 6) is 0.213. The van der Waals surface area contributed by atoms with E-state index >= 15 is 0 Å². The zero-order valence-electron chi connectivity index (χ0n) is 8.57. The van der Waals surface area contributed by atoms with Gasteiger partial charge in [-0.2, -0.15) is 5.10 Å². The second kappa shape index (κ2) is 3.95. The number of hydrogen-bond donors (Lipinski definition) is 0. The Morgan fingerprint density at radius 1 is 1.57 bits per heavy atom. The molecule has 1 heterocycles. The molecule has 0 atom stereocenters. The minimum Gasteiger partial charge on any atom is -0.300 e. The average Bonchev–Trinajstić information content (AvgIpc) is 2.70. The molecular weight excluding hydrogens is 176 g/mol. The highest BCUT2D eigenvalue weighted by Crippen LogP contribution is 2.29. The first-order valence-corrected chi connectivity index (χ1v) is 5.29. The molecule has 2 rings (SSSR count). The van der Waals surface area contributed by atoms with Crippen molar-refractivity contribution in [1.82, 2.24) is 9.78 Å². The number of nitrogens with zero attached hydrogens (tertiary/aromatic N) is 2. The van der Waals surface area contributed by atoms with Crippen molar-refractivity contribution in [2.24, 2.45) is 0 Å². The highest BCUT2D eigenvalue weighted by Gasteiger charge is 2.19. The third kappa shape index (κ3) is 1.86. The SMILES string of the molecule is CC(=O)Cc1ccnn1C1CCCC1. The van der Waals surface area contributed by atoms with Gasteiger partial charge in [-0.05, 0) is 25.8 Å². The second-order valence-electron chi connectivity index (χ2n) is 4.08. The predicted octanol–water partition coefficient (Wildman–Crippen LogP) is 2.13. The monoisotopic (exact) mass is 192 g/mol. The molecule has 0 unspecified atom stereocenters. The van der Waals surface area contributed by atoms with Gasteiger partial charge in [0.25, 0.3) is 0 Å². The van der Waals surface area contributed by atoms with E-state index in [0.29, 0.717) is 12.5 Å². The minimum absolute atomic E-state index is 0.213. The lowest BCUT2D eigenvalue weighted by molar-refractivity contribution is -0.116. The van der Waals surface area contributed by atoms with Gasteiger partial charge in [0.15, 0.2) is 0 Å². The van der Waals surface area contributed by atoms with Crippen LogP contribution in [-0.2, 0) is 11.2 Å². The fourth-order valence-corrected chi connectivity index (χ4v) is 2.21. The van der Waals surface area contributed by atoms with Crippen LogP contribution in [0.25, 0.3) is 0 Å². The number of ketones is 1. The first kappa shape index (κ1) is 9.44. The van der Waals surface area contributed by atoms with E-state index in [0.717, 1.165) is 5.69 Å². The molecule has 3 nitrogen and oxygen atoms in total. The molecule has 1 aliphatic carbocycles. The first-order chi connectivity index (χ1) is 6.77. The zero-order chi connectivity index (χ0) is 9.97. The van der Waals surface area contributed by atoms with Gasteiger partial charge in [-0.1, -0.05) is 12.8 Å². The van der Waals surface area contributed by atoms with Crippen LogP contribution in [0.3, 0.4) is 0 Å². The van der Waals surface area contributed by atoms with E-state index in [4.69, 9.17) is 0 Å². The second-order valence-corrected chi connectivity index (χ2v) is 4.08. The van der Waals surface area contributed by atoms with E-state index in [9.17, 15) is 4.79 Å². The topological polar surface area (TPSA) is 34.9 Å². The summed E-state index contributed by atoms with van der Waals surface area (Å²) in [6.07, 6.45) is 7.35. The molecule has 0 amide bonds. The lowest BCUT2D eigenvalue weighted by Crippen LogP contribution is -2.12. The van der Waals surface area contributed by atoms with Crippen LogP contribution in [0.1, 0.15) is 44.3 Å². The number of aromatic nitrogens is 2. The van der Waals surface area contributed by atoms with Gasteiger partial charge in [0.05, 0.1) is 6.04 Å². The summed E-state index contributed by atoms with van der Waals surface area (Å²) in [4.78, 5) is 11.0. The molecule has 1 aliphatic rings. The Balaban J connectivity index is 2.15. The van der Waals surface area contributed by atoms with Crippen molar-refractivity contribution >= 4 is 5.78 Å². The largest absolute Gasteiger partial charge is 0.300 e. The van der Waals surface area contributed by atoms with Crippen LogP contribution in [0, 0.1) is 0 Å². The van der Waals surface area contributed by atoms with E-state index in [2.05, 4.69) is 9.78 Å². The average molecular weight is 192 g/mol. The molecule has 1 saturated carbocycles. The molecule has 0 N–H and O–H groups in total. The van der Waals surface area contributed by atoms with Crippen LogP contribution in [0.2, 0.25) is 0 Å². The van der Waals surface area contributed by atoms with Gasteiger partial charge >= 0.3 is 0 Å². The molecule has 0 spiro atoms. The summed E-state index contributed by atoms with van der Waals surface area (Å²) in [6.45, 7) is 1.63. The summed E-state index contributed by atoms with van der Waals surface area (Å²) < 4.78 is 2.05. The van der Waals surface area contributed by atoms with Crippen LogP contribution in [0.4, 0.5) is 0 Å². The van der Waals surface area contributed by atoms with Gasteiger partial charge in [-0.25, -0.2) is 0 Å². The summed E-state index contributed by atoms with van der Waals surface area (Å²) in [5, 5.41) is 4.32. The van der Waals surface area contributed by atoms with Gasteiger partial charge < -0.3 is 0 Å². The number of rotatable bonds is 3. The van der Waals surface area contributed by atoms with Gasteiger partial charge in [-0.15, -0.1) is 0 Å². The Labute approximate surface area is 84.1 Å². The molecule has 0 radical (unpaired) electrons. The van der Waals surface area contributed by atoms with Gasteiger partial charge in [0.2, 0.25) is 0 Å². The molecule has 1 aromatic heterocycles. The Morgan fingerprint density at radius 2 is 2.29 bits per heavy atom. The fraction of sp³-hybridized carbons (Fsp3) is 0.636. The maximum atomic E-state index is 11.0. The van der Waals surface area contributed by atoms with Crippen molar-refractivity contribution in [1.29, 1.82) is 0 Å². The number of Topliss-reactive ketones (excluding diaryl/α,β-unsaturated/α-hetero) is 1. The maximum absolute atomic E-state index is 11.0. The van der Waals surface area contributed by atoms with Crippen molar-refractivity contribution in [2.75, 3.05) is 0 Å². The first-order valence-electron chi connectivity index (χ1n) is 5.29. The van der Waals surface area contributed by atoms with E-state index < -0.39 is 0 Å². The fourth-order valence-electron chi connectivity index (χ4n) is 2.21. The highest BCUT2D eigenvalue weighted by atomic mass is 16.1. The standard InChI is InChI=1S/C11H16N2O/c1-9(14)8-11-6-7-12-13(11)10-4-2-3-5-10/h6-7,10H,2-5,8H2,1H3. The van der Waals surface area contributed by atoms with Crippen molar-refractivity contribution in [3.8, 4) is 0 Å². The van der Waals surface area contributed by atoms with Crippen molar-refractivity contribution in [2.45, 2.75) is 45.1 Å². The molecule has 0 aliphatic heterocycles. The molecule has 3 heteroatoms. The Bertz CT molecular complexity index is 324. The van der Waals surface area contributed by atoms with E-state index in [1.807, 2.05) is 6.07 Å². The Kier molecular flexibility index (Phi) is 2.66. The van der Waals surface area contributed by atoms with Gasteiger partial charge in [0.1, 0.15) is 5.78 Å². The smallest absolute Gasteiger partial charge is 0.135 e. The minimum atomic E-state index is 0.213. The van der Waals surface area contributed by atoms with Gasteiger partial charge in [0, 0.05) is 18.3 Å². The zero-order valence-corrected chi connectivity index (χ0v) is 8.57. The highest BCUT2D eigenvalue weighted by molar-refractivity contribution is 5.77. The van der Waals surface area contributed by atoms with E-state index in [1.165, 1.54) is 25.7 Å². The third-order valence-electron chi connectivity index (χ3n) is 2.85. The molecule has 1 fully saturated rings. The molecule has 0 aromatic carbocycles. The van der Waals surface area contributed by atoms with Crippen molar-refractivity contribution in [3.63, 3.8) is 0 Å². The number of hydrogen-bond acceptors (Lipinski definition) is 2. The van der Waals surface area contributed by atoms with Crippen LogP contribution in [0.15, 0.2) is 12.3 Å². The lowest BCUT2D eigenvalue weighted by Gasteiger charge is -2.13. The molecule has 76 valence electrons. The number of carbonyl (C=O) groups excluding carboxylic acids is 1. The predicted molar refractivity (Wildman–Crippen MR) is 54.1 cm³/mol. The van der Waals surface area contributed by atoms with Crippen LogP contribution >= 0.6 is 0 Å². The summed E-state index contributed by atoms with van der Waals surface area (Å²) in [7, 11) is 0. The quantitative estimate of drug-likeness (QED) is 0.735. The van der Waals surface area contributed by atoms with Crippen LogP contribution in [-0.4, -0.2) is 15.6 Å². The molecule has 14 heavy (non-hydrogen) atoms. The Morgan fingerprint density at radius 3 is 2.93 bits per heavy atom. The van der Waals surface area contributed by atoms with E-state index in [-0.39, 0.29) is 5.78 Å². The molecule has 0 saturated heterocycles. The van der Waals surface area contributed by atoms with Crippen molar-refractivity contribution < 1.29 is 4.79 Å². The molecule has 0 bridgehead atoms. The normalized spacial score (nSPS) is 17.5. The summed E-state index contributed by atoms with van der Waals surface area (Å²) in [6, 6.07) is 2.50. The molecular formula is C11H16N2O. The number of carbonyl (C=O) groups is 1. The summed E-state index contributed by atoms with van der Waals surface area (Å²) in [5.41, 5.74) is 1.07. The van der Waals surface area contributed by atoms with Crippen LogP contribution in [0.5, 0.6) is 0 Å². The van der Waals surface area contributed by atoms with Gasteiger partial charge in [-0.3, -0.25) is 9.48 Å². The maximum Gasteiger partial charge on any atom is 0.135 e. The summed E-state index contributed by atoms with van der Waals surface area (Å²) >= 11 is 0. The Hall–Kier alpha value is -1.12. The third-order valence-corrected chi connectivity index (χ3v) is 2.85.